The van der Waals surface area contributed by atoms with E-state index in [1.165, 1.54) is 70.6 Å². The first-order chi connectivity index (χ1) is 17.0. The van der Waals surface area contributed by atoms with Gasteiger partial charge in [0.1, 0.15) is 11.6 Å². The smallest absolute Gasteiger partial charge is 0.147 e. The number of carbonyl (C=O) groups is 2. The van der Waals surface area contributed by atoms with E-state index in [-0.39, 0.29) is 11.8 Å². The number of hydrogen-bond acceptors (Lipinski definition) is 5. The summed E-state index contributed by atoms with van der Waals surface area (Å²) in [5.74, 6) is 2.68. The highest BCUT2D eigenvalue weighted by molar-refractivity contribution is 8.00. The molecule has 0 amide bonds. The molecule has 1 aliphatic carbocycles. The van der Waals surface area contributed by atoms with Crippen LogP contribution < -0.4 is 5.32 Å². The number of aliphatic imine (C=N–C) groups is 1. The van der Waals surface area contributed by atoms with E-state index in [0.29, 0.717) is 24.0 Å². The number of unbranched alkanes of at least 4 members (excludes halogenated alkanes) is 3. The fourth-order valence-electron chi connectivity index (χ4n) is 6.36. The maximum atomic E-state index is 12.0. The second-order valence-electron chi connectivity index (χ2n) is 11.3. The van der Waals surface area contributed by atoms with Gasteiger partial charge in [0.2, 0.25) is 0 Å². The minimum atomic E-state index is -0.119. The summed E-state index contributed by atoms with van der Waals surface area (Å²) >= 11 is 2.29. The van der Waals surface area contributed by atoms with Gasteiger partial charge in [0.15, 0.2) is 0 Å². The first-order valence-corrected chi connectivity index (χ1v) is 15.5. The SMILES string of the molecule is CCCCCC(=O)CCCCC1CCCC(C2CCCC(C3C=NC(CC(NC)C(C)=O)=C3)C2)S1. The van der Waals surface area contributed by atoms with Crippen molar-refractivity contribution < 1.29 is 9.59 Å². The van der Waals surface area contributed by atoms with Crippen LogP contribution in [-0.2, 0) is 9.59 Å². The average Bonchev–Trinajstić information content (AvgIpc) is 3.34. The Kier molecular flexibility index (Phi) is 12.6. The molecular formula is C30H50N2O2S. The number of likely N-dealkylation sites (N-methyl/N-ethyl adjacent to an activating group) is 1. The van der Waals surface area contributed by atoms with E-state index in [1.807, 2.05) is 7.05 Å². The van der Waals surface area contributed by atoms with E-state index in [0.717, 1.165) is 47.8 Å². The van der Waals surface area contributed by atoms with Gasteiger partial charge in [-0.15, -0.1) is 0 Å². The largest absolute Gasteiger partial charge is 0.310 e. The number of allylic oxidation sites excluding steroid dienone is 1. The van der Waals surface area contributed by atoms with E-state index in [9.17, 15) is 9.59 Å². The van der Waals surface area contributed by atoms with Crippen molar-refractivity contribution in [2.75, 3.05) is 7.05 Å². The summed E-state index contributed by atoms with van der Waals surface area (Å²) < 4.78 is 0. The number of nitrogens with one attached hydrogen (secondary N) is 1. The molecule has 5 heteroatoms. The van der Waals surface area contributed by atoms with E-state index in [4.69, 9.17) is 4.99 Å². The van der Waals surface area contributed by atoms with Crippen LogP contribution in [-0.4, -0.2) is 41.4 Å². The van der Waals surface area contributed by atoms with Gasteiger partial charge in [-0.2, -0.15) is 11.8 Å². The van der Waals surface area contributed by atoms with Gasteiger partial charge in [0.05, 0.1) is 6.04 Å². The Bertz CT molecular complexity index is 734. The molecule has 0 aromatic heterocycles. The average molecular weight is 503 g/mol. The van der Waals surface area contributed by atoms with Gasteiger partial charge in [-0.05, 0) is 77.2 Å². The summed E-state index contributed by atoms with van der Waals surface area (Å²) in [4.78, 5) is 28.5. The third-order valence-corrected chi connectivity index (χ3v) is 10.4. The highest BCUT2D eigenvalue weighted by Gasteiger charge is 2.35. The van der Waals surface area contributed by atoms with Crippen molar-refractivity contribution in [3.63, 3.8) is 0 Å². The Morgan fingerprint density at radius 2 is 1.80 bits per heavy atom. The minimum Gasteiger partial charge on any atom is -0.310 e. The molecule has 1 saturated carbocycles. The van der Waals surface area contributed by atoms with E-state index in [1.54, 1.807) is 6.92 Å². The van der Waals surface area contributed by atoms with Gasteiger partial charge >= 0.3 is 0 Å². The number of hydrogen-bond donors (Lipinski definition) is 1. The normalized spacial score (nSPS) is 29.7. The zero-order valence-corrected chi connectivity index (χ0v) is 23.4. The van der Waals surface area contributed by atoms with Crippen LogP contribution in [0.15, 0.2) is 16.8 Å². The fourth-order valence-corrected chi connectivity index (χ4v) is 8.23. The quantitative estimate of drug-likeness (QED) is 0.239. The van der Waals surface area contributed by atoms with Crippen LogP contribution >= 0.6 is 11.8 Å². The Morgan fingerprint density at radius 3 is 2.54 bits per heavy atom. The molecule has 35 heavy (non-hydrogen) atoms. The van der Waals surface area contributed by atoms with E-state index in [2.05, 4.69) is 36.3 Å². The lowest BCUT2D eigenvalue weighted by Crippen LogP contribution is -2.32. The van der Waals surface area contributed by atoms with Crippen molar-refractivity contribution in [3.8, 4) is 0 Å². The third-order valence-electron chi connectivity index (χ3n) is 8.55. The molecule has 0 spiro atoms. The van der Waals surface area contributed by atoms with Crippen LogP contribution in [0.2, 0.25) is 0 Å². The van der Waals surface area contributed by atoms with Crippen molar-refractivity contribution in [3.05, 3.63) is 11.8 Å². The lowest BCUT2D eigenvalue weighted by molar-refractivity contribution is -0.119. The minimum absolute atomic E-state index is 0.119. The summed E-state index contributed by atoms with van der Waals surface area (Å²) in [5.41, 5.74) is 1.09. The maximum absolute atomic E-state index is 12.0. The zero-order valence-electron chi connectivity index (χ0n) is 22.6. The van der Waals surface area contributed by atoms with Crippen molar-refractivity contribution in [2.45, 2.75) is 133 Å². The molecule has 6 unspecified atom stereocenters. The number of rotatable bonds is 15. The standard InChI is InChI=1S/C30H50N2O2S/c1-4-5-6-13-27(34)14-7-8-15-28-16-10-17-30(35-28)24-12-9-11-23(18-24)25-19-26(32-21-25)20-29(31-3)22(2)33/h19,21,23-25,28-31H,4-18,20H2,1-3H3. The van der Waals surface area contributed by atoms with Crippen LogP contribution in [0.3, 0.4) is 0 Å². The summed E-state index contributed by atoms with van der Waals surface area (Å²) in [6, 6.07) is -0.119. The molecule has 1 saturated heterocycles. The molecule has 0 radical (unpaired) electrons. The van der Waals surface area contributed by atoms with Crippen LogP contribution in [0.4, 0.5) is 0 Å². The summed E-state index contributed by atoms with van der Waals surface area (Å²) in [5, 5.41) is 4.75. The number of thioether (sulfide) groups is 1. The maximum Gasteiger partial charge on any atom is 0.147 e. The first kappa shape index (κ1) is 28.6. The monoisotopic (exact) mass is 502 g/mol. The second kappa shape index (κ2) is 15.3. The van der Waals surface area contributed by atoms with Gasteiger partial charge in [0.25, 0.3) is 0 Å². The summed E-state index contributed by atoms with van der Waals surface area (Å²) in [6.07, 6.45) is 23.4. The van der Waals surface area contributed by atoms with Crippen LogP contribution in [0.25, 0.3) is 0 Å². The summed E-state index contributed by atoms with van der Waals surface area (Å²) in [7, 11) is 1.86. The van der Waals surface area contributed by atoms with Crippen LogP contribution in [0, 0.1) is 17.8 Å². The zero-order chi connectivity index (χ0) is 25.0. The number of carbonyl (C=O) groups excluding carboxylic acids is 2. The fraction of sp³-hybridized carbons (Fsp3) is 0.833. The van der Waals surface area contributed by atoms with E-state index >= 15 is 0 Å². The molecule has 1 N–H and O–H groups in total. The molecule has 0 aromatic rings. The Morgan fingerprint density at radius 1 is 1.06 bits per heavy atom. The predicted octanol–water partition coefficient (Wildman–Crippen LogP) is 7.31. The summed E-state index contributed by atoms with van der Waals surface area (Å²) in [6.45, 7) is 3.85. The van der Waals surface area contributed by atoms with Gasteiger partial charge in [-0.25, -0.2) is 0 Å². The van der Waals surface area contributed by atoms with Crippen LogP contribution in [0.5, 0.6) is 0 Å². The Balaban J connectivity index is 1.40. The number of ketones is 2. The molecule has 0 bridgehead atoms. The lowest BCUT2D eigenvalue weighted by Gasteiger charge is -2.39. The lowest BCUT2D eigenvalue weighted by atomic mass is 9.73. The van der Waals surface area contributed by atoms with Crippen molar-refractivity contribution >= 4 is 29.5 Å². The van der Waals surface area contributed by atoms with Gasteiger partial charge in [-0.1, -0.05) is 45.1 Å². The first-order valence-electron chi connectivity index (χ1n) is 14.6. The van der Waals surface area contributed by atoms with E-state index < -0.39 is 0 Å². The molecule has 0 aromatic carbocycles. The van der Waals surface area contributed by atoms with Crippen molar-refractivity contribution in [1.82, 2.24) is 5.32 Å². The van der Waals surface area contributed by atoms with Gasteiger partial charge in [0, 0.05) is 47.6 Å². The Hall–Kier alpha value is -0.940. The topological polar surface area (TPSA) is 58.5 Å². The van der Waals surface area contributed by atoms with Crippen molar-refractivity contribution in [2.24, 2.45) is 22.7 Å². The number of nitrogens with zero attached hydrogens (tertiary/aromatic N) is 1. The van der Waals surface area contributed by atoms with Crippen molar-refractivity contribution in [1.29, 1.82) is 0 Å². The Labute approximate surface area is 219 Å². The molecule has 2 heterocycles. The van der Waals surface area contributed by atoms with Crippen LogP contribution in [0.1, 0.15) is 117 Å². The molecule has 2 aliphatic heterocycles. The number of Topliss-reactive ketones (excluding diaryl/α,β-unsaturated/α-hetero) is 2. The predicted molar refractivity (Wildman–Crippen MR) is 150 cm³/mol. The molecule has 2 fully saturated rings. The second-order valence-corrected chi connectivity index (χ2v) is 12.9. The molecule has 3 aliphatic rings. The highest BCUT2D eigenvalue weighted by atomic mass is 32.2. The molecule has 6 atom stereocenters. The third kappa shape index (κ3) is 9.46. The molecule has 4 nitrogen and oxygen atoms in total. The molecule has 198 valence electrons. The molecular weight excluding hydrogens is 452 g/mol. The molecule has 3 rings (SSSR count). The van der Waals surface area contributed by atoms with Gasteiger partial charge in [-0.3, -0.25) is 14.6 Å². The highest BCUT2D eigenvalue weighted by Crippen LogP contribution is 2.46. The van der Waals surface area contributed by atoms with Gasteiger partial charge < -0.3 is 5.32 Å².